The molecule has 1 fully saturated rings. The summed E-state index contributed by atoms with van der Waals surface area (Å²) in [5.74, 6) is 0.377. The van der Waals surface area contributed by atoms with E-state index in [0.29, 0.717) is 5.92 Å². The molecule has 1 aromatic carbocycles. The molecular formula is C12H17FN2. The van der Waals surface area contributed by atoms with E-state index in [4.69, 9.17) is 5.73 Å². The van der Waals surface area contributed by atoms with Gasteiger partial charge in [-0.3, -0.25) is 4.90 Å². The van der Waals surface area contributed by atoms with Gasteiger partial charge in [0.25, 0.3) is 0 Å². The molecule has 1 heterocycles. The predicted molar refractivity (Wildman–Crippen MR) is 58.8 cm³/mol. The van der Waals surface area contributed by atoms with Crippen LogP contribution in [0.3, 0.4) is 0 Å². The number of rotatable bonds is 2. The third-order valence-electron chi connectivity index (χ3n) is 3.04. The summed E-state index contributed by atoms with van der Waals surface area (Å²) in [7, 11) is 0. The Hall–Kier alpha value is -0.930. The van der Waals surface area contributed by atoms with Crippen LogP contribution in [-0.2, 0) is 6.54 Å². The summed E-state index contributed by atoms with van der Waals surface area (Å²) < 4.78 is 13.0. The zero-order chi connectivity index (χ0) is 10.8. The minimum absolute atomic E-state index is 0.163. The van der Waals surface area contributed by atoms with Crippen molar-refractivity contribution in [3.8, 4) is 0 Å². The Morgan fingerprint density at radius 1 is 1.47 bits per heavy atom. The summed E-state index contributed by atoms with van der Waals surface area (Å²) in [6, 6.07) is 7.04. The molecule has 2 nitrogen and oxygen atoms in total. The smallest absolute Gasteiger partial charge is 0.123 e. The Bertz CT molecular complexity index is 330. The average Bonchev–Trinajstić information content (AvgIpc) is 2.45. The van der Waals surface area contributed by atoms with Crippen molar-refractivity contribution in [1.29, 1.82) is 0 Å². The molecule has 0 radical (unpaired) electrons. The lowest BCUT2D eigenvalue weighted by atomic mass is 10.1. The molecule has 0 spiro atoms. The first kappa shape index (κ1) is 10.6. The van der Waals surface area contributed by atoms with Crippen LogP contribution in [0.25, 0.3) is 0 Å². The lowest BCUT2D eigenvalue weighted by Gasteiger charge is -2.15. The largest absolute Gasteiger partial charge is 0.326 e. The monoisotopic (exact) mass is 208 g/mol. The second kappa shape index (κ2) is 4.29. The molecule has 1 aliphatic rings. The maximum absolute atomic E-state index is 13.0. The fraction of sp³-hybridized carbons (Fsp3) is 0.500. The van der Waals surface area contributed by atoms with Crippen LogP contribution in [0.2, 0.25) is 0 Å². The molecule has 2 rings (SSSR count). The second-order valence-corrected chi connectivity index (χ2v) is 4.47. The van der Waals surface area contributed by atoms with Crippen LogP contribution < -0.4 is 5.73 Å². The number of hydrogen-bond acceptors (Lipinski definition) is 2. The van der Waals surface area contributed by atoms with Crippen LogP contribution in [0.15, 0.2) is 24.3 Å². The van der Waals surface area contributed by atoms with Crippen molar-refractivity contribution in [2.45, 2.75) is 19.5 Å². The van der Waals surface area contributed by atoms with E-state index in [1.54, 1.807) is 12.1 Å². The van der Waals surface area contributed by atoms with Crippen LogP contribution >= 0.6 is 0 Å². The van der Waals surface area contributed by atoms with Gasteiger partial charge in [-0.2, -0.15) is 0 Å². The molecular weight excluding hydrogens is 191 g/mol. The molecule has 0 amide bonds. The molecule has 0 saturated carbocycles. The molecule has 2 N–H and O–H groups in total. The van der Waals surface area contributed by atoms with Crippen molar-refractivity contribution >= 4 is 0 Å². The average molecular weight is 208 g/mol. The third-order valence-corrected chi connectivity index (χ3v) is 3.04. The number of nitrogens with zero attached hydrogens (tertiary/aromatic N) is 1. The summed E-state index contributed by atoms with van der Waals surface area (Å²) in [5.41, 5.74) is 6.96. The highest BCUT2D eigenvalue weighted by Gasteiger charge is 2.26. The Labute approximate surface area is 89.9 Å². The van der Waals surface area contributed by atoms with E-state index in [1.807, 2.05) is 6.07 Å². The van der Waals surface area contributed by atoms with E-state index < -0.39 is 0 Å². The minimum Gasteiger partial charge on any atom is -0.326 e. The van der Waals surface area contributed by atoms with Crippen molar-refractivity contribution in [3.63, 3.8) is 0 Å². The lowest BCUT2D eigenvalue weighted by Crippen LogP contribution is -2.28. The fourth-order valence-corrected chi connectivity index (χ4v) is 2.12. The van der Waals surface area contributed by atoms with Crippen LogP contribution in [-0.4, -0.2) is 24.0 Å². The van der Waals surface area contributed by atoms with Crippen molar-refractivity contribution in [1.82, 2.24) is 4.90 Å². The summed E-state index contributed by atoms with van der Waals surface area (Å²) >= 11 is 0. The maximum Gasteiger partial charge on any atom is 0.123 e. The predicted octanol–water partition coefficient (Wildman–Crippen LogP) is 1.60. The first-order valence-corrected chi connectivity index (χ1v) is 5.37. The molecule has 0 aliphatic carbocycles. The highest BCUT2D eigenvalue weighted by molar-refractivity contribution is 5.16. The van der Waals surface area contributed by atoms with Gasteiger partial charge in [-0.1, -0.05) is 19.1 Å². The Balaban J connectivity index is 1.98. The highest BCUT2D eigenvalue weighted by Crippen LogP contribution is 2.17. The molecule has 2 unspecified atom stereocenters. The maximum atomic E-state index is 13.0. The quantitative estimate of drug-likeness (QED) is 0.800. The summed E-state index contributed by atoms with van der Waals surface area (Å²) in [6.07, 6.45) is 0. The minimum atomic E-state index is -0.163. The SMILES string of the molecule is CC1CN(Cc2cccc(F)c2)CC1N. The van der Waals surface area contributed by atoms with E-state index in [2.05, 4.69) is 11.8 Å². The van der Waals surface area contributed by atoms with Crippen LogP contribution in [0.1, 0.15) is 12.5 Å². The number of likely N-dealkylation sites (tertiary alicyclic amines) is 1. The van der Waals surface area contributed by atoms with Crippen LogP contribution in [0.4, 0.5) is 4.39 Å². The molecule has 1 aromatic rings. The third kappa shape index (κ3) is 2.55. The standard InChI is InChI=1S/C12H17FN2/c1-9-6-15(8-12(9)14)7-10-3-2-4-11(13)5-10/h2-5,9,12H,6-8,14H2,1H3. The van der Waals surface area contributed by atoms with E-state index in [-0.39, 0.29) is 11.9 Å². The highest BCUT2D eigenvalue weighted by atomic mass is 19.1. The first-order chi connectivity index (χ1) is 7.15. The number of nitrogens with two attached hydrogens (primary N) is 1. The van der Waals surface area contributed by atoms with E-state index in [0.717, 1.165) is 25.2 Å². The van der Waals surface area contributed by atoms with E-state index in [9.17, 15) is 4.39 Å². The fourth-order valence-electron chi connectivity index (χ4n) is 2.12. The summed E-state index contributed by atoms with van der Waals surface area (Å²) in [6.45, 7) is 4.89. The van der Waals surface area contributed by atoms with Gasteiger partial charge in [-0.05, 0) is 23.6 Å². The van der Waals surface area contributed by atoms with Gasteiger partial charge in [-0.25, -0.2) is 4.39 Å². The topological polar surface area (TPSA) is 29.3 Å². The molecule has 15 heavy (non-hydrogen) atoms. The molecule has 1 saturated heterocycles. The molecule has 2 atom stereocenters. The summed E-state index contributed by atoms with van der Waals surface area (Å²) in [5, 5.41) is 0. The number of hydrogen-bond donors (Lipinski definition) is 1. The molecule has 0 bridgehead atoms. The first-order valence-electron chi connectivity index (χ1n) is 5.37. The molecule has 0 aromatic heterocycles. The second-order valence-electron chi connectivity index (χ2n) is 4.47. The van der Waals surface area contributed by atoms with Gasteiger partial charge in [0.05, 0.1) is 0 Å². The van der Waals surface area contributed by atoms with Crippen molar-refractivity contribution < 1.29 is 4.39 Å². The van der Waals surface area contributed by atoms with Gasteiger partial charge in [-0.15, -0.1) is 0 Å². The van der Waals surface area contributed by atoms with Crippen molar-refractivity contribution in [3.05, 3.63) is 35.6 Å². The lowest BCUT2D eigenvalue weighted by molar-refractivity contribution is 0.318. The Morgan fingerprint density at radius 2 is 2.27 bits per heavy atom. The molecule has 82 valence electrons. The van der Waals surface area contributed by atoms with Crippen molar-refractivity contribution in [2.24, 2.45) is 11.7 Å². The van der Waals surface area contributed by atoms with E-state index >= 15 is 0 Å². The van der Waals surface area contributed by atoms with Gasteiger partial charge >= 0.3 is 0 Å². The Kier molecular flexibility index (Phi) is 3.03. The number of halogens is 1. The Morgan fingerprint density at radius 3 is 2.87 bits per heavy atom. The summed E-state index contributed by atoms with van der Waals surface area (Å²) in [4.78, 5) is 2.28. The molecule has 1 aliphatic heterocycles. The normalized spacial score (nSPS) is 27.1. The van der Waals surface area contributed by atoms with Crippen LogP contribution in [0.5, 0.6) is 0 Å². The van der Waals surface area contributed by atoms with Gasteiger partial charge in [0.1, 0.15) is 5.82 Å². The molecule has 3 heteroatoms. The zero-order valence-corrected chi connectivity index (χ0v) is 8.99. The van der Waals surface area contributed by atoms with Gasteiger partial charge in [0.15, 0.2) is 0 Å². The van der Waals surface area contributed by atoms with Gasteiger partial charge in [0.2, 0.25) is 0 Å². The van der Waals surface area contributed by atoms with Crippen molar-refractivity contribution in [2.75, 3.05) is 13.1 Å². The van der Waals surface area contributed by atoms with Crippen LogP contribution in [0, 0.1) is 11.7 Å². The zero-order valence-electron chi connectivity index (χ0n) is 8.99. The van der Waals surface area contributed by atoms with Gasteiger partial charge < -0.3 is 5.73 Å². The van der Waals surface area contributed by atoms with E-state index in [1.165, 1.54) is 6.07 Å². The van der Waals surface area contributed by atoms with Gasteiger partial charge in [0, 0.05) is 25.7 Å². The number of benzene rings is 1.